The second kappa shape index (κ2) is 7.77. The molecule has 1 unspecified atom stereocenters. The third kappa shape index (κ3) is 5.30. The number of carbonyl (C=O) groups is 1. The molecular formula is C20H32O. The smallest absolute Gasteiger partial charge is 0.141 e. The molecule has 1 heteroatoms. The van der Waals surface area contributed by atoms with Gasteiger partial charge in [0.15, 0.2) is 0 Å². The number of hydrogen-bond donors (Lipinski definition) is 0. The first-order valence-electron chi connectivity index (χ1n) is 8.39. The van der Waals surface area contributed by atoms with E-state index < -0.39 is 0 Å². The van der Waals surface area contributed by atoms with Gasteiger partial charge in [0.25, 0.3) is 0 Å². The molecule has 0 aliphatic rings. The van der Waals surface area contributed by atoms with Gasteiger partial charge in [-0.2, -0.15) is 0 Å². The van der Waals surface area contributed by atoms with E-state index in [1.54, 1.807) is 0 Å². The van der Waals surface area contributed by atoms with Crippen LogP contribution in [0.1, 0.15) is 65.0 Å². The Bertz CT molecular complexity index is 449. The van der Waals surface area contributed by atoms with Crippen LogP contribution in [-0.2, 0) is 11.2 Å². The molecule has 1 rings (SSSR count). The van der Waals surface area contributed by atoms with Crippen LogP contribution in [0.5, 0.6) is 0 Å². The Morgan fingerprint density at radius 1 is 1.14 bits per heavy atom. The number of hydrogen-bond acceptors (Lipinski definition) is 1. The zero-order chi connectivity index (χ0) is 16.0. The summed E-state index contributed by atoms with van der Waals surface area (Å²) >= 11 is 0. The average Bonchev–Trinajstić information content (AvgIpc) is 2.42. The van der Waals surface area contributed by atoms with Gasteiger partial charge in [-0.05, 0) is 31.2 Å². The number of Topliss-reactive ketones (excluding diaryl/α,β-unsaturated/α-hetero) is 1. The molecule has 0 heterocycles. The van der Waals surface area contributed by atoms with Crippen molar-refractivity contribution in [2.75, 3.05) is 0 Å². The maximum atomic E-state index is 12.8. The number of aryl methyl sites for hydroxylation is 2. The summed E-state index contributed by atoms with van der Waals surface area (Å²) in [5, 5.41) is 0. The summed E-state index contributed by atoms with van der Waals surface area (Å²) in [4.78, 5) is 12.8. The first-order valence-corrected chi connectivity index (χ1v) is 8.39. The first-order chi connectivity index (χ1) is 9.79. The van der Waals surface area contributed by atoms with E-state index in [4.69, 9.17) is 0 Å². The lowest BCUT2D eigenvalue weighted by Gasteiger charge is -2.30. The first kappa shape index (κ1) is 17.9. The van der Waals surface area contributed by atoms with Crippen LogP contribution in [-0.4, -0.2) is 5.78 Å². The SMILES string of the molecule is CCC(CC)C(CCc1cccc(C)c1)C(=O)C(C)(C)C. The Balaban J connectivity index is 2.85. The van der Waals surface area contributed by atoms with Crippen molar-refractivity contribution in [1.82, 2.24) is 0 Å². The largest absolute Gasteiger partial charge is 0.299 e. The molecule has 0 radical (unpaired) electrons. The Kier molecular flexibility index (Phi) is 6.64. The average molecular weight is 288 g/mol. The van der Waals surface area contributed by atoms with Gasteiger partial charge in [0.2, 0.25) is 0 Å². The third-order valence-corrected chi connectivity index (χ3v) is 4.52. The zero-order valence-electron chi connectivity index (χ0n) is 14.7. The second-order valence-electron chi connectivity index (χ2n) is 7.33. The van der Waals surface area contributed by atoms with Crippen LogP contribution >= 0.6 is 0 Å². The molecule has 0 N–H and O–H groups in total. The normalized spacial score (nSPS) is 13.5. The van der Waals surface area contributed by atoms with Crippen molar-refractivity contribution in [2.24, 2.45) is 17.3 Å². The Hall–Kier alpha value is -1.11. The highest BCUT2D eigenvalue weighted by Crippen LogP contribution is 2.32. The molecule has 0 saturated carbocycles. The van der Waals surface area contributed by atoms with Crippen molar-refractivity contribution in [1.29, 1.82) is 0 Å². The van der Waals surface area contributed by atoms with E-state index >= 15 is 0 Å². The minimum Gasteiger partial charge on any atom is -0.299 e. The zero-order valence-corrected chi connectivity index (χ0v) is 14.7. The molecule has 0 fully saturated rings. The van der Waals surface area contributed by atoms with Crippen molar-refractivity contribution < 1.29 is 4.79 Å². The van der Waals surface area contributed by atoms with E-state index in [-0.39, 0.29) is 11.3 Å². The Morgan fingerprint density at radius 3 is 2.24 bits per heavy atom. The maximum Gasteiger partial charge on any atom is 0.141 e. The van der Waals surface area contributed by atoms with E-state index in [2.05, 4.69) is 65.8 Å². The summed E-state index contributed by atoms with van der Waals surface area (Å²) < 4.78 is 0. The van der Waals surface area contributed by atoms with Crippen LogP contribution in [0.25, 0.3) is 0 Å². The molecule has 1 aromatic carbocycles. The van der Waals surface area contributed by atoms with Crippen LogP contribution in [0.2, 0.25) is 0 Å². The summed E-state index contributed by atoms with van der Waals surface area (Å²) in [6, 6.07) is 8.66. The van der Waals surface area contributed by atoms with E-state index in [9.17, 15) is 4.79 Å². The van der Waals surface area contributed by atoms with Gasteiger partial charge in [-0.15, -0.1) is 0 Å². The number of rotatable bonds is 7. The van der Waals surface area contributed by atoms with E-state index in [0.29, 0.717) is 11.7 Å². The van der Waals surface area contributed by atoms with Crippen molar-refractivity contribution in [3.8, 4) is 0 Å². The highest BCUT2D eigenvalue weighted by atomic mass is 16.1. The molecule has 0 spiro atoms. The topological polar surface area (TPSA) is 17.1 Å². The number of benzene rings is 1. The van der Waals surface area contributed by atoms with Crippen LogP contribution in [0, 0.1) is 24.2 Å². The molecule has 0 saturated heterocycles. The summed E-state index contributed by atoms with van der Waals surface area (Å²) in [6.45, 7) is 12.7. The summed E-state index contributed by atoms with van der Waals surface area (Å²) in [5.74, 6) is 1.14. The van der Waals surface area contributed by atoms with Crippen LogP contribution in [0.3, 0.4) is 0 Å². The molecule has 0 aliphatic heterocycles. The fourth-order valence-corrected chi connectivity index (χ4v) is 3.18. The van der Waals surface area contributed by atoms with Crippen LogP contribution in [0.15, 0.2) is 24.3 Å². The van der Waals surface area contributed by atoms with Crippen LogP contribution < -0.4 is 0 Å². The molecule has 118 valence electrons. The van der Waals surface area contributed by atoms with Crippen molar-refractivity contribution in [3.63, 3.8) is 0 Å². The van der Waals surface area contributed by atoms with Crippen molar-refractivity contribution in [2.45, 2.75) is 67.2 Å². The van der Waals surface area contributed by atoms with Gasteiger partial charge in [0.05, 0.1) is 0 Å². The monoisotopic (exact) mass is 288 g/mol. The molecule has 1 atom stereocenters. The molecule has 0 bridgehead atoms. The molecule has 0 aromatic heterocycles. The number of ketones is 1. The molecule has 0 aliphatic carbocycles. The molecule has 1 nitrogen and oxygen atoms in total. The highest BCUT2D eigenvalue weighted by molar-refractivity contribution is 5.86. The predicted octanol–water partition coefficient (Wildman–Crippen LogP) is 5.60. The van der Waals surface area contributed by atoms with E-state index in [1.165, 1.54) is 11.1 Å². The summed E-state index contributed by atoms with van der Waals surface area (Å²) in [7, 11) is 0. The van der Waals surface area contributed by atoms with Gasteiger partial charge in [0, 0.05) is 11.3 Å². The minimum absolute atomic E-state index is 0.195. The van der Waals surface area contributed by atoms with E-state index in [1.807, 2.05) is 0 Å². The van der Waals surface area contributed by atoms with Gasteiger partial charge in [-0.25, -0.2) is 0 Å². The Labute approximate surface area is 131 Å². The van der Waals surface area contributed by atoms with Crippen LogP contribution in [0.4, 0.5) is 0 Å². The minimum atomic E-state index is -0.236. The predicted molar refractivity (Wildman–Crippen MR) is 91.5 cm³/mol. The lowest BCUT2D eigenvalue weighted by molar-refractivity contribution is -0.132. The van der Waals surface area contributed by atoms with Gasteiger partial charge in [-0.1, -0.05) is 77.3 Å². The van der Waals surface area contributed by atoms with Gasteiger partial charge < -0.3 is 0 Å². The Morgan fingerprint density at radius 2 is 1.76 bits per heavy atom. The molecule has 21 heavy (non-hydrogen) atoms. The maximum absolute atomic E-state index is 12.8. The number of carbonyl (C=O) groups excluding carboxylic acids is 1. The standard InChI is InChI=1S/C20H32O/c1-7-17(8-2)18(19(21)20(4,5)6)13-12-16-11-9-10-15(3)14-16/h9-11,14,17-18H,7-8,12-13H2,1-6H3. The van der Waals surface area contributed by atoms with Crippen molar-refractivity contribution in [3.05, 3.63) is 35.4 Å². The molecular weight excluding hydrogens is 256 g/mol. The van der Waals surface area contributed by atoms with E-state index in [0.717, 1.165) is 25.7 Å². The highest BCUT2D eigenvalue weighted by Gasteiger charge is 2.33. The summed E-state index contributed by atoms with van der Waals surface area (Å²) in [5.41, 5.74) is 2.42. The lowest BCUT2D eigenvalue weighted by atomic mass is 9.73. The molecule has 0 amide bonds. The van der Waals surface area contributed by atoms with Gasteiger partial charge >= 0.3 is 0 Å². The molecule has 1 aromatic rings. The second-order valence-corrected chi connectivity index (χ2v) is 7.33. The fourth-order valence-electron chi connectivity index (χ4n) is 3.18. The quantitative estimate of drug-likeness (QED) is 0.638. The summed E-state index contributed by atoms with van der Waals surface area (Å²) in [6.07, 6.45) is 4.17. The van der Waals surface area contributed by atoms with Gasteiger partial charge in [0.1, 0.15) is 5.78 Å². The van der Waals surface area contributed by atoms with Gasteiger partial charge in [-0.3, -0.25) is 4.79 Å². The third-order valence-electron chi connectivity index (χ3n) is 4.52. The lowest BCUT2D eigenvalue weighted by Crippen LogP contribution is -2.33. The van der Waals surface area contributed by atoms with Crippen molar-refractivity contribution >= 4 is 5.78 Å². The fraction of sp³-hybridized carbons (Fsp3) is 0.650.